The van der Waals surface area contributed by atoms with Crippen LogP contribution in [0.15, 0.2) is 42.5 Å². The molecule has 1 aliphatic heterocycles. The number of hydrogen-bond donors (Lipinski definition) is 1. The second-order valence-corrected chi connectivity index (χ2v) is 6.31. The molecule has 2 aromatic rings. The predicted molar refractivity (Wildman–Crippen MR) is 104 cm³/mol. The molecule has 0 bridgehead atoms. The van der Waals surface area contributed by atoms with Gasteiger partial charge in [0.1, 0.15) is 0 Å². The molecule has 0 radical (unpaired) electrons. The first-order valence-electron chi connectivity index (χ1n) is 8.70. The first-order chi connectivity index (χ1) is 12.6. The van der Waals surface area contributed by atoms with Crippen molar-refractivity contribution in [2.75, 3.05) is 50.6 Å². The molecule has 3 rings (SSSR count). The van der Waals surface area contributed by atoms with E-state index in [0.29, 0.717) is 24.6 Å². The minimum atomic E-state index is -0.0548. The number of urea groups is 1. The summed E-state index contributed by atoms with van der Waals surface area (Å²) in [6, 6.07) is 13.7. The number of hydrogen-bond acceptors (Lipinski definition) is 4. The number of ether oxygens (including phenoxy) is 2. The Hall–Kier alpha value is -2.89. The third kappa shape index (κ3) is 4.02. The summed E-state index contributed by atoms with van der Waals surface area (Å²) in [5.41, 5.74) is 3.07. The van der Waals surface area contributed by atoms with Gasteiger partial charge in [0, 0.05) is 43.6 Å². The van der Waals surface area contributed by atoms with E-state index in [1.165, 1.54) is 5.56 Å². The molecule has 1 saturated heterocycles. The number of carbonyl (C=O) groups is 1. The van der Waals surface area contributed by atoms with Crippen LogP contribution in [0.5, 0.6) is 11.5 Å². The quantitative estimate of drug-likeness (QED) is 0.914. The third-order valence-corrected chi connectivity index (χ3v) is 4.60. The van der Waals surface area contributed by atoms with Gasteiger partial charge in [0.25, 0.3) is 0 Å². The van der Waals surface area contributed by atoms with E-state index in [2.05, 4.69) is 10.2 Å². The van der Waals surface area contributed by atoms with E-state index in [-0.39, 0.29) is 6.03 Å². The van der Waals surface area contributed by atoms with Crippen molar-refractivity contribution in [2.24, 2.45) is 0 Å². The molecule has 0 aromatic heterocycles. The van der Waals surface area contributed by atoms with Gasteiger partial charge in [-0.3, -0.25) is 0 Å². The van der Waals surface area contributed by atoms with Gasteiger partial charge in [-0.2, -0.15) is 0 Å². The average molecular weight is 355 g/mol. The monoisotopic (exact) mass is 355 g/mol. The van der Waals surface area contributed by atoms with E-state index in [0.717, 1.165) is 24.5 Å². The van der Waals surface area contributed by atoms with Crippen LogP contribution < -0.4 is 19.7 Å². The van der Waals surface area contributed by atoms with Crippen LogP contribution in [0.1, 0.15) is 5.56 Å². The Labute approximate surface area is 154 Å². The molecule has 1 heterocycles. The lowest BCUT2D eigenvalue weighted by Crippen LogP contribution is -2.50. The molecule has 26 heavy (non-hydrogen) atoms. The number of piperazine rings is 1. The highest BCUT2D eigenvalue weighted by Gasteiger charge is 2.22. The second kappa shape index (κ2) is 7.99. The van der Waals surface area contributed by atoms with Gasteiger partial charge < -0.3 is 24.6 Å². The highest BCUT2D eigenvalue weighted by atomic mass is 16.5. The number of nitrogens with one attached hydrogen (secondary N) is 1. The molecule has 0 spiro atoms. The highest BCUT2D eigenvalue weighted by molar-refractivity contribution is 5.89. The van der Waals surface area contributed by atoms with Crippen LogP contribution >= 0.6 is 0 Å². The summed E-state index contributed by atoms with van der Waals surface area (Å²) in [5.74, 6) is 1.43. The number of benzene rings is 2. The molecule has 0 atom stereocenters. The Bertz CT molecular complexity index is 753. The molecule has 1 aliphatic rings. The normalized spacial score (nSPS) is 14.1. The zero-order valence-corrected chi connectivity index (χ0v) is 15.5. The molecule has 1 N–H and O–H groups in total. The lowest BCUT2D eigenvalue weighted by molar-refractivity contribution is 0.208. The standard InChI is InChI=1S/C20H25N3O3/c1-15-4-6-16(7-5-15)21-20(24)23-12-10-22(11-13-23)17-8-9-18(25-2)19(14-17)26-3/h4-9,14H,10-13H2,1-3H3,(H,21,24). The van der Waals surface area contributed by atoms with Gasteiger partial charge in [0.05, 0.1) is 14.2 Å². The topological polar surface area (TPSA) is 54.0 Å². The number of methoxy groups -OCH3 is 2. The Kier molecular flexibility index (Phi) is 5.51. The number of carbonyl (C=O) groups excluding carboxylic acids is 1. The van der Waals surface area contributed by atoms with Crippen molar-refractivity contribution in [2.45, 2.75) is 6.92 Å². The fourth-order valence-corrected chi connectivity index (χ4v) is 3.03. The molecule has 6 heteroatoms. The minimum Gasteiger partial charge on any atom is -0.493 e. The van der Waals surface area contributed by atoms with Crippen molar-refractivity contribution >= 4 is 17.4 Å². The predicted octanol–water partition coefficient (Wildman–Crippen LogP) is 3.37. The number of amides is 2. The van der Waals surface area contributed by atoms with Crippen molar-refractivity contribution in [3.8, 4) is 11.5 Å². The van der Waals surface area contributed by atoms with Gasteiger partial charge >= 0.3 is 6.03 Å². The maximum absolute atomic E-state index is 12.4. The second-order valence-electron chi connectivity index (χ2n) is 6.31. The maximum Gasteiger partial charge on any atom is 0.321 e. The van der Waals surface area contributed by atoms with Crippen molar-refractivity contribution in [3.63, 3.8) is 0 Å². The van der Waals surface area contributed by atoms with E-state index in [1.54, 1.807) is 14.2 Å². The smallest absolute Gasteiger partial charge is 0.321 e. The SMILES string of the molecule is COc1ccc(N2CCN(C(=O)Nc3ccc(C)cc3)CC2)cc1OC. The van der Waals surface area contributed by atoms with Crippen molar-refractivity contribution in [1.82, 2.24) is 4.90 Å². The highest BCUT2D eigenvalue weighted by Crippen LogP contribution is 2.31. The largest absolute Gasteiger partial charge is 0.493 e. The lowest BCUT2D eigenvalue weighted by Gasteiger charge is -2.36. The lowest BCUT2D eigenvalue weighted by atomic mass is 10.2. The molecule has 0 saturated carbocycles. The summed E-state index contributed by atoms with van der Waals surface area (Å²) in [4.78, 5) is 16.5. The van der Waals surface area contributed by atoms with Gasteiger partial charge in [-0.05, 0) is 31.2 Å². The number of anilines is 2. The fourth-order valence-electron chi connectivity index (χ4n) is 3.03. The molecule has 0 aliphatic carbocycles. The summed E-state index contributed by atoms with van der Waals surface area (Å²) >= 11 is 0. The van der Waals surface area contributed by atoms with Crippen LogP contribution in [-0.4, -0.2) is 51.3 Å². The summed E-state index contributed by atoms with van der Waals surface area (Å²) < 4.78 is 10.7. The van der Waals surface area contributed by atoms with Gasteiger partial charge in [0.2, 0.25) is 0 Å². The fraction of sp³-hybridized carbons (Fsp3) is 0.350. The molecule has 2 amide bonds. The summed E-state index contributed by atoms with van der Waals surface area (Å²) in [6.07, 6.45) is 0. The summed E-state index contributed by atoms with van der Waals surface area (Å²) in [6.45, 7) is 4.92. The van der Waals surface area contributed by atoms with E-state index in [1.807, 2.05) is 54.3 Å². The molecular formula is C20H25N3O3. The Morgan fingerprint density at radius 3 is 2.19 bits per heavy atom. The van der Waals surface area contributed by atoms with E-state index < -0.39 is 0 Å². The zero-order chi connectivity index (χ0) is 18.5. The minimum absolute atomic E-state index is 0.0548. The first-order valence-corrected chi connectivity index (χ1v) is 8.70. The van der Waals surface area contributed by atoms with Crippen LogP contribution in [0.3, 0.4) is 0 Å². The summed E-state index contributed by atoms with van der Waals surface area (Å²) in [5, 5.41) is 2.96. The van der Waals surface area contributed by atoms with Crippen LogP contribution in [0.4, 0.5) is 16.2 Å². The molecule has 0 unspecified atom stereocenters. The summed E-state index contributed by atoms with van der Waals surface area (Å²) in [7, 11) is 3.26. The maximum atomic E-state index is 12.4. The van der Waals surface area contributed by atoms with E-state index in [9.17, 15) is 4.79 Å². The molecule has 2 aromatic carbocycles. The van der Waals surface area contributed by atoms with Gasteiger partial charge in [-0.25, -0.2) is 4.79 Å². The van der Waals surface area contributed by atoms with Gasteiger partial charge in [-0.15, -0.1) is 0 Å². The molecular weight excluding hydrogens is 330 g/mol. The van der Waals surface area contributed by atoms with Crippen LogP contribution in [0, 0.1) is 6.92 Å². The number of aryl methyl sites for hydroxylation is 1. The van der Waals surface area contributed by atoms with Crippen LogP contribution in [0.25, 0.3) is 0 Å². The van der Waals surface area contributed by atoms with Crippen molar-refractivity contribution in [1.29, 1.82) is 0 Å². The number of rotatable bonds is 4. The van der Waals surface area contributed by atoms with Gasteiger partial charge in [0.15, 0.2) is 11.5 Å². The van der Waals surface area contributed by atoms with Crippen LogP contribution in [0.2, 0.25) is 0 Å². The third-order valence-electron chi connectivity index (χ3n) is 4.60. The Morgan fingerprint density at radius 1 is 0.923 bits per heavy atom. The first kappa shape index (κ1) is 17.9. The Balaban J connectivity index is 1.58. The van der Waals surface area contributed by atoms with Gasteiger partial charge in [-0.1, -0.05) is 17.7 Å². The average Bonchev–Trinajstić information content (AvgIpc) is 2.69. The number of nitrogens with zero attached hydrogens (tertiary/aromatic N) is 2. The van der Waals surface area contributed by atoms with E-state index in [4.69, 9.17) is 9.47 Å². The molecule has 1 fully saturated rings. The molecule has 138 valence electrons. The van der Waals surface area contributed by atoms with E-state index >= 15 is 0 Å². The van der Waals surface area contributed by atoms with Crippen molar-refractivity contribution < 1.29 is 14.3 Å². The van der Waals surface area contributed by atoms with Crippen LogP contribution in [-0.2, 0) is 0 Å². The molecule has 6 nitrogen and oxygen atoms in total. The zero-order valence-electron chi connectivity index (χ0n) is 15.5. The Morgan fingerprint density at radius 2 is 1.58 bits per heavy atom. The van der Waals surface area contributed by atoms with Crippen molar-refractivity contribution in [3.05, 3.63) is 48.0 Å².